The van der Waals surface area contributed by atoms with Crippen LogP contribution in [0.5, 0.6) is 0 Å². The Morgan fingerprint density at radius 2 is 2.13 bits per heavy atom. The maximum atomic E-state index is 11.2. The van der Waals surface area contributed by atoms with Crippen molar-refractivity contribution in [3.05, 3.63) is 11.5 Å². The average molecular weight is 230 g/mol. The Morgan fingerprint density at radius 3 is 2.73 bits per heavy atom. The molecule has 0 aromatic heterocycles. The molecule has 2 aliphatic rings. The Bertz CT molecular complexity index is 350. The smallest absolute Gasteiger partial charge is 0.173 e. The zero-order chi connectivity index (χ0) is 10.9. The maximum absolute atomic E-state index is 11.2. The molecule has 0 aromatic carbocycles. The Hall–Kier alpha value is -0.390. The molecule has 1 saturated carbocycles. The van der Waals surface area contributed by atoms with E-state index in [0.29, 0.717) is 6.04 Å². The highest BCUT2D eigenvalue weighted by Crippen LogP contribution is 2.19. The summed E-state index contributed by atoms with van der Waals surface area (Å²) in [6.07, 6.45) is 6.05. The van der Waals surface area contributed by atoms with E-state index in [9.17, 15) is 8.42 Å². The van der Waals surface area contributed by atoms with Gasteiger partial charge in [0.2, 0.25) is 0 Å². The van der Waals surface area contributed by atoms with E-state index >= 15 is 0 Å². The third-order valence-corrected chi connectivity index (χ3v) is 4.49. The van der Waals surface area contributed by atoms with Crippen LogP contribution >= 0.6 is 0 Å². The van der Waals surface area contributed by atoms with E-state index < -0.39 is 9.84 Å². The minimum Gasteiger partial charge on any atom is -0.328 e. The Balaban J connectivity index is 1.85. The van der Waals surface area contributed by atoms with Gasteiger partial charge in [-0.05, 0) is 19.3 Å². The first-order chi connectivity index (χ1) is 7.05. The molecule has 2 rings (SSSR count). The van der Waals surface area contributed by atoms with E-state index in [-0.39, 0.29) is 17.8 Å². The standard InChI is InChI=1S/C10H18N2O2S/c11-8-2-1-3-9(6-8)12-10-4-5-15(13,14)7-10/h4-5,8-10,12H,1-3,6-7,11H2. The van der Waals surface area contributed by atoms with Gasteiger partial charge in [0.1, 0.15) is 0 Å². The second-order valence-electron chi connectivity index (χ2n) is 4.55. The van der Waals surface area contributed by atoms with Crippen molar-refractivity contribution in [2.75, 3.05) is 5.75 Å². The van der Waals surface area contributed by atoms with Gasteiger partial charge in [0, 0.05) is 23.5 Å². The van der Waals surface area contributed by atoms with E-state index in [2.05, 4.69) is 5.32 Å². The maximum Gasteiger partial charge on any atom is 0.173 e. The first kappa shape index (κ1) is 11.1. The Labute approximate surface area is 90.8 Å². The fraction of sp³-hybridized carbons (Fsp3) is 0.800. The first-order valence-corrected chi connectivity index (χ1v) is 7.19. The Kier molecular flexibility index (Phi) is 3.13. The summed E-state index contributed by atoms with van der Waals surface area (Å²) in [5.74, 6) is 0.207. The summed E-state index contributed by atoms with van der Waals surface area (Å²) in [5.41, 5.74) is 5.88. The van der Waals surface area contributed by atoms with Crippen LogP contribution < -0.4 is 11.1 Å². The highest BCUT2D eigenvalue weighted by Gasteiger charge is 2.26. The van der Waals surface area contributed by atoms with Gasteiger partial charge in [0.15, 0.2) is 9.84 Å². The molecule has 0 amide bonds. The number of sulfone groups is 1. The van der Waals surface area contributed by atoms with Gasteiger partial charge in [-0.15, -0.1) is 0 Å². The van der Waals surface area contributed by atoms with Crippen LogP contribution in [-0.2, 0) is 9.84 Å². The largest absolute Gasteiger partial charge is 0.328 e. The molecule has 3 N–H and O–H groups in total. The topological polar surface area (TPSA) is 72.2 Å². The van der Waals surface area contributed by atoms with Crippen molar-refractivity contribution in [3.8, 4) is 0 Å². The van der Waals surface area contributed by atoms with E-state index in [1.165, 1.54) is 5.41 Å². The van der Waals surface area contributed by atoms with Gasteiger partial charge in [0.05, 0.1) is 5.75 Å². The van der Waals surface area contributed by atoms with E-state index in [0.717, 1.165) is 25.7 Å². The van der Waals surface area contributed by atoms with Gasteiger partial charge >= 0.3 is 0 Å². The highest BCUT2D eigenvalue weighted by atomic mass is 32.2. The molecule has 0 aromatic rings. The molecule has 0 radical (unpaired) electrons. The molecule has 0 saturated heterocycles. The van der Waals surface area contributed by atoms with Crippen LogP contribution in [0.3, 0.4) is 0 Å². The summed E-state index contributed by atoms with van der Waals surface area (Å²) in [6.45, 7) is 0. The fourth-order valence-corrected chi connectivity index (χ4v) is 3.61. The predicted octanol–water partition coefficient (Wildman–Crippen LogP) is 0.157. The van der Waals surface area contributed by atoms with Crippen LogP contribution in [0.4, 0.5) is 0 Å². The van der Waals surface area contributed by atoms with Gasteiger partial charge in [-0.1, -0.05) is 12.5 Å². The van der Waals surface area contributed by atoms with Crippen LogP contribution in [0.25, 0.3) is 0 Å². The third-order valence-electron chi connectivity index (χ3n) is 3.09. The monoisotopic (exact) mass is 230 g/mol. The molecule has 1 aliphatic heterocycles. The summed E-state index contributed by atoms with van der Waals surface area (Å²) in [4.78, 5) is 0. The lowest BCUT2D eigenvalue weighted by molar-refractivity contribution is 0.331. The Morgan fingerprint density at radius 1 is 1.33 bits per heavy atom. The normalized spacial score (nSPS) is 39.4. The minimum absolute atomic E-state index is 0.00898. The van der Waals surface area contributed by atoms with Gasteiger partial charge in [-0.3, -0.25) is 0 Å². The van der Waals surface area contributed by atoms with Crippen molar-refractivity contribution < 1.29 is 8.42 Å². The zero-order valence-electron chi connectivity index (χ0n) is 8.72. The van der Waals surface area contributed by atoms with Crippen LogP contribution in [0.15, 0.2) is 11.5 Å². The van der Waals surface area contributed by atoms with E-state index in [1.54, 1.807) is 6.08 Å². The van der Waals surface area contributed by atoms with Crippen molar-refractivity contribution in [1.29, 1.82) is 0 Å². The van der Waals surface area contributed by atoms with E-state index in [1.807, 2.05) is 0 Å². The molecule has 4 nitrogen and oxygen atoms in total. The molecule has 5 heteroatoms. The second kappa shape index (κ2) is 4.23. The quantitative estimate of drug-likeness (QED) is 0.708. The second-order valence-corrected chi connectivity index (χ2v) is 6.49. The average Bonchev–Trinajstić information content (AvgIpc) is 2.45. The van der Waals surface area contributed by atoms with Gasteiger partial charge in [-0.2, -0.15) is 0 Å². The molecule has 1 fully saturated rings. The summed E-state index contributed by atoms with van der Waals surface area (Å²) in [5, 5.41) is 4.67. The summed E-state index contributed by atoms with van der Waals surface area (Å²) in [7, 11) is -2.93. The van der Waals surface area contributed by atoms with Crippen LogP contribution in [0.1, 0.15) is 25.7 Å². The molecule has 3 unspecified atom stereocenters. The van der Waals surface area contributed by atoms with Crippen molar-refractivity contribution >= 4 is 9.84 Å². The predicted molar refractivity (Wildman–Crippen MR) is 60.1 cm³/mol. The number of hydrogen-bond donors (Lipinski definition) is 2. The number of nitrogens with one attached hydrogen (secondary N) is 1. The van der Waals surface area contributed by atoms with Crippen LogP contribution in [0, 0.1) is 0 Å². The molecule has 0 bridgehead atoms. The number of hydrogen-bond acceptors (Lipinski definition) is 4. The lowest BCUT2D eigenvalue weighted by Gasteiger charge is -2.29. The molecule has 3 atom stereocenters. The lowest BCUT2D eigenvalue weighted by Crippen LogP contribution is -2.44. The van der Waals surface area contributed by atoms with Crippen molar-refractivity contribution in [3.63, 3.8) is 0 Å². The van der Waals surface area contributed by atoms with Crippen LogP contribution in [-0.4, -0.2) is 32.3 Å². The van der Waals surface area contributed by atoms with Gasteiger partial charge < -0.3 is 11.1 Å². The van der Waals surface area contributed by atoms with Gasteiger partial charge in [0.25, 0.3) is 0 Å². The zero-order valence-corrected chi connectivity index (χ0v) is 9.54. The minimum atomic E-state index is -2.93. The van der Waals surface area contributed by atoms with Crippen molar-refractivity contribution in [2.24, 2.45) is 5.73 Å². The van der Waals surface area contributed by atoms with Crippen molar-refractivity contribution in [1.82, 2.24) is 5.32 Å². The number of rotatable bonds is 2. The third kappa shape index (κ3) is 3.03. The molecule has 0 spiro atoms. The fourth-order valence-electron chi connectivity index (χ4n) is 2.36. The SMILES string of the molecule is NC1CCCC(NC2C=CS(=O)(=O)C2)C1. The first-order valence-electron chi connectivity index (χ1n) is 5.48. The lowest BCUT2D eigenvalue weighted by atomic mass is 9.91. The van der Waals surface area contributed by atoms with Crippen molar-refractivity contribution in [2.45, 2.75) is 43.8 Å². The molecular formula is C10H18N2O2S. The molecule has 1 aliphatic carbocycles. The molecule has 86 valence electrons. The van der Waals surface area contributed by atoms with Gasteiger partial charge in [-0.25, -0.2) is 8.42 Å². The molecular weight excluding hydrogens is 212 g/mol. The van der Waals surface area contributed by atoms with Crippen LogP contribution in [0.2, 0.25) is 0 Å². The molecule has 15 heavy (non-hydrogen) atoms. The summed E-state index contributed by atoms with van der Waals surface area (Å²) in [6, 6.07) is 0.653. The molecule has 1 heterocycles. The summed E-state index contributed by atoms with van der Waals surface area (Å²) < 4.78 is 22.4. The van der Waals surface area contributed by atoms with E-state index in [4.69, 9.17) is 5.73 Å². The highest BCUT2D eigenvalue weighted by molar-refractivity contribution is 7.94. The number of nitrogens with two attached hydrogens (primary N) is 1. The summed E-state index contributed by atoms with van der Waals surface area (Å²) >= 11 is 0.